The Morgan fingerprint density at radius 3 is 2.67 bits per heavy atom. The van der Waals surface area contributed by atoms with Crippen molar-refractivity contribution < 1.29 is 19.4 Å². The van der Waals surface area contributed by atoms with Crippen LogP contribution in [0.2, 0.25) is 0 Å². The van der Waals surface area contributed by atoms with Gasteiger partial charge >= 0.3 is 6.18 Å². The maximum atomic E-state index is 13.2. The zero-order valence-electron chi connectivity index (χ0n) is 12.4. The number of aromatic nitrogens is 2. The highest BCUT2D eigenvalue weighted by molar-refractivity contribution is 6.11. The molecule has 6 nitrogen and oxygen atoms in total. The SMILES string of the molecule is Nc1ncccc1C(=O)c1nc(NC2CNC2)ccc1C(F)(F)F.[HH]. The molecule has 0 amide bonds. The highest BCUT2D eigenvalue weighted by Crippen LogP contribution is 2.33. The van der Waals surface area contributed by atoms with Crippen molar-refractivity contribution in [3.05, 3.63) is 47.3 Å². The second kappa shape index (κ2) is 6.08. The van der Waals surface area contributed by atoms with E-state index < -0.39 is 23.2 Å². The van der Waals surface area contributed by atoms with Crippen LogP contribution in [0, 0.1) is 0 Å². The normalized spacial score (nSPS) is 15.0. The van der Waals surface area contributed by atoms with Gasteiger partial charge in [0.05, 0.1) is 17.2 Å². The highest BCUT2D eigenvalue weighted by Gasteiger charge is 2.37. The molecule has 1 fully saturated rings. The summed E-state index contributed by atoms with van der Waals surface area (Å²) in [6.07, 6.45) is -3.35. The third-order valence-corrected chi connectivity index (χ3v) is 3.63. The van der Waals surface area contributed by atoms with Gasteiger partial charge in [-0.3, -0.25) is 4.79 Å². The van der Waals surface area contributed by atoms with Crippen molar-refractivity contribution in [2.75, 3.05) is 24.1 Å². The Balaban J connectivity index is 0.00000225. The van der Waals surface area contributed by atoms with Gasteiger partial charge in [-0.2, -0.15) is 13.2 Å². The number of rotatable bonds is 4. The first kappa shape index (κ1) is 16.2. The van der Waals surface area contributed by atoms with Gasteiger partial charge in [0.1, 0.15) is 17.3 Å². The summed E-state index contributed by atoms with van der Waals surface area (Å²) in [6.45, 7) is 1.36. The average Bonchev–Trinajstić information content (AvgIpc) is 2.49. The molecule has 128 valence electrons. The number of carbonyl (C=O) groups is 1. The Morgan fingerprint density at radius 1 is 1.33 bits per heavy atom. The van der Waals surface area contributed by atoms with Crippen LogP contribution in [0.1, 0.15) is 23.0 Å². The Morgan fingerprint density at radius 2 is 2.08 bits per heavy atom. The summed E-state index contributed by atoms with van der Waals surface area (Å²) in [5.74, 6) is -0.845. The Labute approximate surface area is 136 Å². The van der Waals surface area contributed by atoms with Crippen molar-refractivity contribution >= 4 is 17.4 Å². The van der Waals surface area contributed by atoms with E-state index in [1.807, 2.05) is 0 Å². The molecule has 0 saturated carbocycles. The number of nitrogens with one attached hydrogen (secondary N) is 2. The molecule has 2 aromatic rings. The summed E-state index contributed by atoms with van der Waals surface area (Å²) in [6, 6.07) is 4.88. The fraction of sp³-hybridized carbons (Fsp3) is 0.267. The smallest absolute Gasteiger partial charge is 0.383 e. The van der Waals surface area contributed by atoms with Crippen LogP contribution in [0.5, 0.6) is 0 Å². The number of carbonyl (C=O) groups excluding carboxylic acids is 1. The lowest BCUT2D eigenvalue weighted by Gasteiger charge is -2.28. The first-order valence-corrected chi connectivity index (χ1v) is 7.17. The molecule has 4 N–H and O–H groups in total. The topological polar surface area (TPSA) is 92.9 Å². The standard InChI is InChI=1S/C15H14F3N5O.H2/c16-15(17,18)10-3-4-11(22-8-6-20-7-8)23-12(10)13(24)9-2-1-5-21-14(9)19;/h1-5,8,20H,6-7H2,(H2,19,21)(H,22,23);1H. The summed E-state index contributed by atoms with van der Waals surface area (Å²) in [7, 11) is 0. The Hall–Kier alpha value is -2.68. The van der Waals surface area contributed by atoms with E-state index in [9.17, 15) is 18.0 Å². The number of ketones is 1. The maximum absolute atomic E-state index is 13.2. The molecular weight excluding hydrogens is 323 g/mol. The minimum atomic E-state index is -4.70. The number of hydrogen-bond donors (Lipinski definition) is 3. The van der Waals surface area contributed by atoms with Gasteiger partial charge in [0.25, 0.3) is 0 Å². The summed E-state index contributed by atoms with van der Waals surface area (Å²) in [4.78, 5) is 20.2. The molecule has 9 heteroatoms. The molecule has 0 atom stereocenters. The fourth-order valence-electron chi connectivity index (χ4n) is 2.28. The number of anilines is 2. The van der Waals surface area contributed by atoms with Crippen LogP contribution in [-0.4, -0.2) is 34.9 Å². The molecule has 1 aliphatic heterocycles. The summed E-state index contributed by atoms with van der Waals surface area (Å²) >= 11 is 0. The fourth-order valence-corrected chi connectivity index (χ4v) is 2.28. The third kappa shape index (κ3) is 3.16. The largest absolute Gasteiger partial charge is 0.418 e. The molecule has 1 saturated heterocycles. The van der Waals surface area contributed by atoms with Crippen molar-refractivity contribution in [3.8, 4) is 0 Å². The number of hydrogen-bond acceptors (Lipinski definition) is 6. The third-order valence-electron chi connectivity index (χ3n) is 3.63. The van der Waals surface area contributed by atoms with Crippen molar-refractivity contribution in [3.63, 3.8) is 0 Å². The Bertz CT molecular complexity index is 780. The lowest BCUT2D eigenvalue weighted by Crippen LogP contribution is -2.51. The van der Waals surface area contributed by atoms with Crippen LogP contribution in [0.3, 0.4) is 0 Å². The molecule has 0 bridgehead atoms. The van der Waals surface area contributed by atoms with Gasteiger partial charge in [-0.05, 0) is 24.3 Å². The van der Waals surface area contributed by atoms with Gasteiger partial charge in [-0.1, -0.05) is 0 Å². The van der Waals surface area contributed by atoms with Crippen LogP contribution in [0.25, 0.3) is 0 Å². The lowest BCUT2D eigenvalue weighted by atomic mass is 10.0. The van der Waals surface area contributed by atoms with Gasteiger partial charge < -0.3 is 16.4 Å². The van der Waals surface area contributed by atoms with E-state index >= 15 is 0 Å². The summed E-state index contributed by atoms with van der Waals surface area (Å²) in [5, 5.41) is 6.00. The van der Waals surface area contributed by atoms with E-state index in [0.717, 1.165) is 6.07 Å². The average molecular weight is 339 g/mol. The number of alkyl halides is 3. The van der Waals surface area contributed by atoms with Gasteiger partial charge in [0.15, 0.2) is 0 Å². The summed E-state index contributed by atoms with van der Waals surface area (Å²) < 4.78 is 39.7. The molecular formula is C15H16F3N5O. The number of nitrogen functional groups attached to an aromatic ring is 1. The van der Waals surface area contributed by atoms with Gasteiger partial charge in [0.2, 0.25) is 5.78 Å². The van der Waals surface area contributed by atoms with Gasteiger partial charge in [0, 0.05) is 20.7 Å². The second-order valence-corrected chi connectivity index (χ2v) is 5.36. The number of nitrogens with two attached hydrogens (primary N) is 1. The van der Waals surface area contributed by atoms with Crippen molar-refractivity contribution in [2.45, 2.75) is 12.2 Å². The Kier molecular flexibility index (Phi) is 4.10. The van der Waals surface area contributed by atoms with Gasteiger partial charge in [-0.25, -0.2) is 9.97 Å². The molecule has 3 rings (SSSR count). The first-order valence-electron chi connectivity index (χ1n) is 7.17. The maximum Gasteiger partial charge on any atom is 0.418 e. The zero-order valence-corrected chi connectivity index (χ0v) is 12.4. The molecule has 2 aromatic heterocycles. The molecule has 0 aliphatic carbocycles. The molecule has 1 aliphatic rings. The molecule has 0 unspecified atom stereocenters. The van der Waals surface area contributed by atoms with Crippen LogP contribution >= 0.6 is 0 Å². The highest BCUT2D eigenvalue weighted by atomic mass is 19.4. The predicted octanol–water partition coefficient (Wildman–Crippen LogP) is 1.94. The second-order valence-electron chi connectivity index (χ2n) is 5.36. The van der Waals surface area contributed by atoms with Gasteiger partial charge in [-0.15, -0.1) is 0 Å². The van der Waals surface area contributed by atoms with E-state index in [-0.39, 0.29) is 24.7 Å². The molecule has 0 radical (unpaired) electrons. The van der Waals surface area contributed by atoms with E-state index in [1.54, 1.807) is 0 Å². The van der Waals surface area contributed by atoms with Crippen LogP contribution in [0.4, 0.5) is 24.8 Å². The van der Waals surface area contributed by atoms with E-state index in [2.05, 4.69) is 20.6 Å². The van der Waals surface area contributed by atoms with Crippen LogP contribution < -0.4 is 16.4 Å². The molecule has 0 spiro atoms. The lowest BCUT2D eigenvalue weighted by molar-refractivity contribution is -0.138. The molecule has 3 heterocycles. The van der Waals surface area contributed by atoms with Crippen LogP contribution in [0.15, 0.2) is 30.5 Å². The van der Waals surface area contributed by atoms with Crippen molar-refractivity contribution in [2.24, 2.45) is 0 Å². The first-order chi connectivity index (χ1) is 11.4. The number of halogens is 3. The predicted molar refractivity (Wildman–Crippen MR) is 83.7 cm³/mol. The van der Waals surface area contributed by atoms with Crippen molar-refractivity contribution in [1.29, 1.82) is 0 Å². The number of nitrogens with zero attached hydrogens (tertiary/aromatic N) is 2. The number of pyridine rings is 2. The zero-order chi connectivity index (χ0) is 17.3. The van der Waals surface area contributed by atoms with E-state index in [1.165, 1.54) is 24.4 Å². The van der Waals surface area contributed by atoms with E-state index in [0.29, 0.717) is 13.1 Å². The van der Waals surface area contributed by atoms with Crippen LogP contribution in [-0.2, 0) is 6.18 Å². The quantitative estimate of drug-likeness (QED) is 0.737. The summed E-state index contributed by atoms with van der Waals surface area (Å²) in [5.41, 5.74) is 3.69. The van der Waals surface area contributed by atoms with Crippen molar-refractivity contribution in [1.82, 2.24) is 15.3 Å². The molecule has 24 heavy (non-hydrogen) atoms. The molecule has 0 aromatic carbocycles. The monoisotopic (exact) mass is 339 g/mol. The minimum Gasteiger partial charge on any atom is -0.383 e. The minimum absolute atomic E-state index is 0. The van der Waals surface area contributed by atoms with E-state index in [4.69, 9.17) is 5.73 Å².